The van der Waals surface area contributed by atoms with Crippen molar-refractivity contribution in [1.29, 1.82) is 0 Å². The van der Waals surface area contributed by atoms with E-state index in [-0.39, 0.29) is 22.7 Å². The highest BCUT2D eigenvalue weighted by atomic mass is 32.2. The van der Waals surface area contributed by atoms with Crippen LogP contribution in [-0.2, 0) is 16.6 Å². The van der Waals surface area contributed by atoms with Crippen molar-refractivity contribution in [3.63, 3.8) is 0 Å². The Bertz CT molecular complexity index is 1090. The Morgan fingerprint density at radius 3 is 2.50 bits per heavy atom. The summed E-state index contributed by atoms with van der Waals surface area (Å²) in [5.41, 5.74) is 0.985. The van der Waals surface area contributed by atoms with E-state index in [4.69, 9.17) is 0 Å². The van der Waals surface area contributed by atoms with Gasteiger partial charge in [0.15, 0.2) is 0 Å². The summed E-state index contributed by atoms with van der Waals surface area (Å²) in [6.07, 6.45) is 3.24. The Kier molecular flexibility index (Phi) is 5.70. The van der Waals surface area contributed by atoms with Gasteiger partial charge in [-0.2, -0.15) is 0 Å². The van der Waals surface area contributed by atoms with Crippen LogP contribution in [0.5, 0.6) is 0 Å². The zero-order chi connectivity index (χ0) is 20.1. The van der Waals surface area contributed by atoms with Gasteiger partial charge in [0, 0.05) is 31.5 Å². The molecule has 0 saturated carbocycles. The molecule has 1 N–H and O–H groups in total. The number of carbonyl (C=O) groups excluding carboxylic acids is 1. The summed E-state index contributed by atoms with van der Waals surface area (Å²) in [5.74, 6) is -1.07. The molecule has 0 saturated heterocycles. The van der Waals surface area contributed by atoms with Crippen molar-refractivity contribution in [2.45, 2.75) is 11.4 Å². The van der Waals surface area contributed by atoms with E-state index in [0.717, 1.165) is 9.87 Å². The molecule has 0 radical (unpaired) electrons. The van der Waals surface area contributed by atoms with E-state index in [1.807, 2.05) is 0 Å². The molecular formula is C20H18FN3O3S. The first-order valence-electron chi connectivity index (χ1n) is 8.40. The van der Waals surface area contributed by atoms with Crippen LogP contribution in [0.25, 0.3) is 0 Å². The van der Waals surface area contributed by atoms with Crippen molar-refractivity contribution in [2.75, 3.05) is 11.4 Å². The summed E-state index contributed by atoms with van der Waals surface area (Å²) in [7, 11) is -2.76. The van der Waals surface area contributed by atoms with Gasteiger partial charge >= 0.3 is 0 Å². The molecule has 0 spiro atoms. The number of anilines is 1. The Hall–Kier alpha value is -3.26. The molecule has 0 fully saturated rings. The fraction of sp³-hybridized carbons (Fsp3) is 0.100. The second-order valence-corrected chi connectivity index (χ2v) is 7.96. The second kappa shape index (κ2) is 8.18. The molecule has 8 heteroatoms. The van der Waals surface area contributed by atoms with Crippen LogP contribution >= 0.6 is 0 Å². The van der Waals surface area contributed by atoms with Crippen molar-refractivity contribution in [1.82, 2.24) is 10.3 Å². The van der Waals surface area contributed by atoms with Crippen molar-refractivity contribution < 1.29 is 17.6 Å². The minimum absolute atomic E-state index is 0.0740. The quantitative estimate of drug-likeness (QED) is 0.691. The van der Waals surface area contributed by atoms with Crippen LogP contribution in [0.3, 0.4) is 0 Å². The number of para-hydroxylation sites is 1. The third-order valence-electron chi connectivity index (χ3n) is 4.15. The third kappa shape index (κ3) is 4.17. The van der Waals surface area contributed by atoms with Crippen LogP contribution < -0.4 is 9.62 Å². The monoisotopic (exact) mass is 399 g/mol. The van der Waals surface area contributed by atoms with Gasteiger partial charge in [-0.1, -0.05) is 18.2 Å². The Balaban J connectivity index is 1.82. The first-order valence-corrected chi connectivity index (χ1v) is 9.84. The number of rotatable bonds is 6. The summed E-state index contributed by atoms with van der Waals surface area (Å²) >= 11 is 0. The molecule has 1 aromatic heterocycles. The number of carbonyl (C=O) groups is 1. The van der Waals surface area contributed by atoms with Crippen LogP contribution in [0.4, 0.5) is 10.1 Å². The summed E-state index contributed by atoms with van der Waals surface area (Å²) in [4.78, 5) is 16.2. The molecule has 0 atom stereocenters. The van der Waals surface area contributed by atoms with Crippen LogP contribution in [0.2, 0.25) is 0 Å². The topological polar surface area (TPSA) is 79.4 Å². The average Bonchev–Trinajstić information content (AvgIpc) is 2.72. The van der Waals surface area contributed by atoms with Crippen LogP contribution in [0, 0.1) is 5.82 Å². The van der Waals surface area contributed by atoms with Gasteiger partial charge in [0.05, 0.1) is 10.6 Å². The van der Waals surface area contributed by atoms with Crippen molar-refractivity contribution in [3.05, 3.63) is 90.0 Å². The van der Waals surface area contributed by atoms with E-state index in [1.54, 1.807) is 30.6 Å². The fourth-order valence-corrected chi connectivity index (χ4v) is 3.83. The minimum Gasteiger partial charge on any atom is -0.348 e. The summed E-state index contributed by atoms with van der Waals surface area (Å²) in [6, 6.07) is 14.8. The Labute approximate surface area is 162 Å². The summed E-state index contributed by atoms with van der Waals surface area (Å²) < 4.78 is 40.6. The van der Waals surface area contributed by atoms with Crippen molar-refractivity contribution >= 4 is 21.6 Å². The molecular weight excluding hydrogens is 381 g/mol. The van der Waals surface area contributed by atoms with Gasteiger partial charge in [-0.3, -0.25) is 14.1 Å². The van der Waals surface area contributed by atoms with Gasteiger partial charge in [0.1, 0.15) is 5.82 Å². The normalized spacial score (nSPS) is 11.1. The highest BCUT2D eigenvalue weighted by molar-refractivity contribution is 7.92. The maximum Gasteiger partial charge on any atom is 0.264 e. The minimum atomic E-state index is -4.03. The lowest BCUT2D eigenvalue weighted by Gasteiger charge is -2.20. The van der Waals surface area contributed by atoms with Crippen molar-refractivity contribution in [3.8, 4) is 0 Å². The molecule has 0 unspecified atom stereocenters. The predicted octanol–water partition coefficient (Wildman–Crippen LogP) is 2.98. The lowest BCUT2D eigenvalue weighted by Crippen LogP contribution is -2.28. The standard InChI is InChI=1S/C20H18FN3O3S/c1-24(19-8-3-2-7-18(19)21)28(26,27)17-6-4-5-16(13-17)20(25)23-14-15-9-11-22-12-10-15/h2-13H,14H2,1H3,(H,23,25). The van der Waals surface area contributed by atoms with Crippen LogP contribution in [-0.4, -0.2) is 26.4 Å². The molecule has 0 bridgehead atoms. The van der Waals surface area contributed by atoms with E-state index in [1.165, 1.54) is 49.5 Å². The van der Waals surface area contributed by atoms with E-state index >= 15 is 0 Å². The molecule has 6 nitrogen and oxygen atoms in total. The van der Waals surface area contributed by atoms with E-state index in [9.17, 15) is 17.6 Å². The lowest BCUT2D eigenvalue weighted by atomic mass is 10.2. The van der Waals surface area contributed by atoms with Crippen molar-refractivity contribution in [2.24, 2.45) is 0 Å². The lowest BCUT2D eigenvalue weighted by molar-refractivity contribution is 0.0950. The second-order valence-electron chi connectivity index (χ2n) is 5.99. The number of halogens is 1. The number of sulfonamides is 1. The molecule has 2 aromatic carbocycles. The molecule has 28 heavy (non-hydrogen) atoms. The average molecular weight is 399 g/mol. The molecule has 0 aliphatic carbocycles. The number of aromatic nitrogens is 1. The molecule has 3 aromatic rings. The van der Waals surface area contributed by atoms with Crippen LogP contribution in [0.15, 0.2) is 78.0 Å². The Morgan fingerprint density at radius 2 is 1.79 bits per heavy atom. The highest BCUT2D eigenvalue weighted by Gasteiger charge is 2.24. The van der Waals surface area contributed by atoms with Gasteiger partial charge in [-0.05, 0) is 48.0 Å². The molecule has 0 aliphatic heterocycles. The van der Waals surface area contributed by atoms with Gasteiger partial charge in [-0.25, -0.2) is 12.8 Å². The smallest absolute Gasteiger partial charge is 0.264 e. The zero-order valence-electron chi connectivity index (χ0n) is 15.0. The van der Waals surface area contributed by atoms with Gasteiger partial charge in [-0.15, -0.1) is 0 Å². The summed E-state index contributed by atoms with van der Waals surface area (Å²) in [6.45, 7) is 0.285. The largest absolute Gasteiger partial charge is 0.348 e. The highest BCUT2D eigenvalue weighted by Crippen LogP contribution is 2.25. The number of benzene rings is 2. The number of amides is 1. The number of pyridine rings is 1. The van der Waals surface area contributed by atoms with E-state index < -0.39 is 21.7 Å². The summed E-state index contributed by atoms with van der Waals surface area (Å²) in [5, 5.41) is 2.73. The zero-order valence-corrected chi connectivity index (χ0v) is 15.9. The molecule has 0 aliphatic rings. The first-order chi connectivity index (χ1) is 13.4. The SMILES string of the molecule is CN(c1ccccc1F)S(=O)(=O)c1cccc(C(=O)NCc2ccncc2)c1. The Morgan fingerprint density at radius 1 is 1.07 bits per heavy atom. The number of hydrogen-bond donors (Lipinski definition) is 1. The number of hydrogen-bond acceptors (Lipinski definition) is 4. The molecule has 1 amide bonds. The van der Waals surface area contributed by atoms with Gasteiger partial charge < -0.3 is 5.32 Å². The van der Waals surface area contributed by atoms with E-state index in [2.05, 4.69) is 10.3 Å². The molecule has 3 rings (SSSR count). The first kappa shape index (κ1) is 19.5. The van der Waals surface area contributed by atoms with E-state index in [0.29, 0.717) is 0 Å². The molecule has 144 valence electrons. The maximum atomic E-state index is 14.0. The third-order valence-corrected chi connectivity index (χ3v) is 5.92. The predicted molar refractivity (Wildman–Crippen MR) is 104 cm³/mol. The molecule has 1 heterocycles. The van der Waals surface area contributed by atoms with Crippen LogP contribution in [0.1, 0.15) is 15.9 Å². The van der Waals surface area contributed by atoms with Gasteiger partial charge in [0.2, 0.25) is 0 Å². The fourth-order valence-electron chi connectivity index (χ4n) is 2.58. The van der Waals surface area contributed by atoms with Gasteiger partial charge in [0.25, 0.3) is 15.9 Å². The number of nitrogens with one attached hydrogen (secondary N) is 1. The number of nitrogens with zero attached hydrogens (tertiary/aromatic N) is 2. The maximum absolute atomic E-state index is 14.0.